The highest BCUT2D eigenvalue weighted by Crippen LogP contribution is 2.41. The predicted octanol–water partition coefficient (Wildman–Crippen LogP) is 4.23. The summed E-state index contributed by atoms with van der Waals surface area (Å²) in [6, 6.07) is 11.2. The summed E-state index contributed by atoms with van der Waals surface area (Å²) < 4.78 is 53.1. The second-order valence-corrected chi connectivity index (χ2v) is 6.54. The molecular weight excluding hydrogens is 390 g/mol. The summed E-state index contributed by atoms with van der Waals surface area (Å²) in [4.78, 5) is 27.8. The quantitative estimate of drug-likeness (QED) is 0.565. The average Bonchev–Trinajstić information content (AvgIpc) is 2.89. The number of nitriles is 1. The van der Waals surface area contributed by atoms with E-state index < -0.39 is 48.0 Å². The Balaban J connectivity index is 2.16. The molecule has 2 aromatic rings. The summed E-state index contributed by atoms with van der Waals surface area (Å²) in [6.07, 6.45) is -4.85. The first kappa shape index (κ1) is 20.3. The van der Waals surface area contributed by atoms with Gasteiger partial charge in [-0.15, -0.1) is 0 Å². The lowest BCUT2D eigenvalue weighted by molar-refractivity contribution is -0.137. The van der Waals surface area contributed by atoms with E-state index in [2.05, 4.69) is 0 Å². The van der Waals surface area contributed by atoms with Gasteiger partial charge in [0.2, 0.25) is 0 Å². The minimum Gasteiger partial charge on any atom is -0.303 e. The molecule has 0 spiro atoms. The summed E-state index contributed by atoms with van der Waals surface area (Å²) >= 11 is 0. The van der Waals surface area contributed by atoms with Gasteiger partial charge in [-0.05, 0) is 30.7 Å². The maximum Gasteiger partial charge on any atom is 0.417 e. The second-order valence-electron chi connectivity index (χ2n) is 6.54. The highest BCUT2D eigenvalue weighted by atomic mass is 19.4. The molecule has 0 aromatic heterocycles. The lowest BCUT2D eigenvalue weighted by atomic mass is 9.90. The maximum absolute atomic E-state index is 13.3. The van der Waals surface area contributed by atoms with E-state index in [1.54, 1.807) is 30.3 Å². The van der Waals surface area contributed by atoms with Crippen LogP contribution >= 0.6 is 0 Å². The Labute approximate surface area is 163 Å². The van der Waals surface area contributed by atoms with Gasteiger partial charge in [0.1, 0.15) is 12.2 Å². The summed E-state index contributed by atoms with van der Waals surface area (Å²) in [6.45, 7) is 0.0812. The zero-order chi connectivity index (χ0) is 21.4. The molecule has 0 N–H and O–H groups in total. The van der Waals surface area contributed by atoms with E-state index in [9.17, 15) is 27.2 Å². The van der Waals surface area contributed by atoms with Crippen molar-refractivity contribution in [3.05, 3.63) is 65.2 Å². The number of hydrogen-bond acceptors (Lipinski definition) is 3. The van der Waals surface area contributed by atoms with Gasteiger partial charge in [0.25, 0.3) is 5.91 Å². The van der Waals surface area contributed by atoms with Crippen LogP contribution in [-0.4, -0.2) is 30.1 Å². The topological polar surface area (TPSA) is 64.4 Å². The number of halogens is 4. The van der Waals surface area contributed by atoms with Crippen LogP contribution in [0.2, 0.25) is 0 Å². The first-order chi connectivity index (χ1) is 13.7. The van der Waals surface area contributed by atoms with E-state index in [0.717, 1.165) is 17.0 Å². The van der Waals surface area contributed by atoms with Crippen LogP contribution in [0.1, 0.15) is 23.6 Å². The molecular formula is C20H15F4N3O2. The van der Waals surface area contributed by atoms with Crippen molar-refractivity contribution in [3.8, 4) is 6.07 Å². The monoisotopic (exact) mass is 405 g/mol. The molecule has 1 heterocycles. The molecule has 5 nitrogen and oxygen atoms in total. The van der Waals surface area contributed by atoms with Crippen LogP contribution in [0, 0.1) is 11.3 Å². The molecule has 1 fully saturated rings. The Bertz CT molecular complexity index is 1000. The van der Waals surface area contributed by atoms with Gasteiger partial charge in [0, 0.05) is 0 Å². The number of carbonyl (C=O) groups is 2. The van der Waals surface area contributed by atoms with Crippen LogP contribution in [0.5, 0.6) is 0 Å². The third kappa shape index (κ3) is 3.20. The molecule has 3 rings (SSSR count). The Morgan fingerprint density at radius 3 is 2.31 bits per heavy atom. The molecule has 1 saturated heterocycles. The van der Waals surface area contributed by atoms with Crippen molar-refractivity contribution in [2.75, 3.05) is 18.1 Å². The van der Waals surface area contributed by atoms with E-state index in [1.165, 1.54) is 13.0 Å². The molecule has 29 heavy (non-hydrogen) atoms. The van der Waals surface area contributed by atoms with Crippen molar-refractivity contribution in [2.24, 2.45) is 0 Å². The summed E-state index contributed by atoms with van der Waals surface area (Å²) in [5, 5.41) is 8.94. The number of nitrogens with zero attached hydrogens (tertiary/aromatic N) is 3. The van der Waals surface area contributed by atoms with Crippen molar-refractivity contribution in [3.63, 3.8) is 0 Å². The Hall–Kier alpha value is -3.41. The van der Waals surface area contributed by atoms with Crippen LogP contribution in [0.15, 0.2) is 48.5 Å². The van der Waals surface area contributed by atoms with E-state index in [1.807, 2.05) is 0 Å². The molecule has 3 amide bonds. The molecule has 0 aliphatic carbocycles. The molecule has 2 aromatic carbocycles. The van der Waals surface area contributed by atoms with Crippen molar-refractivity contribution in [1.82, 2.24) is 4.90 Å². The highest BCUT2D eigenvalue weighted by molar-refractivity contribution is 6.23. The number of benzene rings is 2. The van der Waals surface area contributed by atoms with E-state index >= 15 is 0 Å². The molecule has 9 heteroatoms. The van der Waals surface area contributed by atoms with Gasteiger partial charge in [0.05, 0.1) is 29.4 Å². The lowest BCUT2D eigenvalue weighted by Crippen LogP contribution is -2.45. The lowest BCUT2D eigenvalue weighted by Gasteiger charge is -2.31. The molecule has 150 valence electrons. The first-order valence-electron chi connectivity index (χ1n) is 8.55. The molecule has 0 bridgehead atoms. The van der Waals surface area contributed by atoms with Gasteiger partial charge in [-0.25, -0.2) is 14.1 Å². The molecule has 0 saturated carbocycles. The van der Waals surface area contributed by atoms with Crippen molar-refractivity contribution in [2.45, 2.75) is 18.6 Å². The predicted molar refractivity (Wildman–Crippen MR) is 95.5 cm³/mol. The van der Waals surface area contributed by atoms with Gasteiger partial charge >= 0.3 is 12.2 Å². The Morgan fingerprint density at radius 2 is 1.76 bits per heavy atom. The number of carbonyl (C=O) groups excluding carboxylic acids is 2. The normalized spacial score (nSPS) is 19.6. The minimum absolute atomic E-state index is 0.338. The van der Waals surface area contributed by atoms with Crippen molar-refractivity contribution < 1.29 is 27.2 Å². The summed E-state index contributed by atoms with van der Waals surface area (Å²) in [7, 11) is 0. The summed E-state index contributed by atoms with van der Waals surface area (Å²) in [5.74, 6) is -0.806. The zero-order valence-corrected chi connectivity index (χ0v) is 15.2. The molecule has 1 atom stereocenters. The smallest absolute Gasteiger partial charge is 0.303 e. The minimum atomic E-state index is -4.85. The number of imide groups is 1. The number of amides is 3. The first-order valence-corrected chi connectivity index (χ1v) is 8.55. The van der Waals surface area contributed by atoms with Gasteiger partial charge in [-0.1, -0.05) is 30.3 Å². The number of alkyl halides is 4. The highest BCUT2D eigenvalue weighted by Gasteiger charge is 2.55. The molecule has 1 aliphatic heterocycles. The number of urea groups is 1. The van der Waals surface area contributed by atoms with Crippen molar-refractivity contribution in [1.29, 1.82) is 5.26 Å². The van der Waals surface area contributed by atoms with Crippen LogP contribution in [0.3, 0.4) is 0 Å². The third-order valence-corrected chi connectivity index (χ3v) is 4.91. The van der Waals surface area contributed by atoms with E-state index in [0.29, 0.717) is 16.5 Å². The fraction of sp³-hybridized carbons (Fsp3) is 0.250. The van der Waals surface area contributed by atoms with Gasteiger partial charge < -0.3 is 4.90 Å². The van der Waals surface area contributed by atoms with Crippen molar-refractivity contribution >= 4 is 17.6 Å². The molecule has 1 aliphatic rings. The third-order valence-electron chi connectivity index (χ3n) is 4.91. The van der Waals surface area contributed by atoms with Crippen LogP contribution in [-0.2, 0) is 16.5 Å². The molecule has 1 unspecified atom stereocenters. The summed E-state index contributed by atoms with van der Waals surface area (Å²) in [5.41, 5.74) is -3.42. The van der Waals surface area contributed by atoms with Crippen LogP contribution in [0.4, 0.5) is 28.0 Å². The Kier molecular flexibility index (Phi) is 5.05. The van der Waals surface area contributed by atoms with Crippen LogP contribution in [0.25, 0.3) is 0 Å². The van der Waals surface area contributed by atoms with E-state index in [-0.39, 0.29) is 5.69 Å². The maximum atomic E-state index is 13.3. The standard InChI is InChI=1S/C20H15F4N3O2/c1-19(14-5-3-2-4-6-14)17(28)27(18(29)26(19)10-9-21)15-8-7-13(12-25)16(11-15)20(22,23)24/h2-8,11H,9-10H2,1H3. The SMILES string of the molecule is CC1(c2ccccc2)C(=O)N(c2ccc(C#N)c(C(F)(F)F)c2)C(=O)N1CCF. The van der Waals surface area contributed by atoms with Gasteiger partial charge in [-0.2, -0.15) is 18.4 Å². The number of anilines is 1. The van der Waals surface area contributed by atoms with Gasteiger partial charge in [0.15, 0.2) is 0 Å². The average molecular weight is 405 g/mol. The number of rotatable bonds is 4. The van der Waals surface area contributed by atoms with E-state index in [4.69, 9.17) is 5.26 Å². The largest absolute Gasteiger partial charge is 0.417 e. The molecule has 0 radical (unpaired) electrons. The van der Waals surface area contributed by atoms with Gasteiger partial charge in [-0.3, -0.25) is 4.79 Å². The van der Waals surface area contributed by atoms with Crippen LogP contribution < -0.4 is 4.90 Å². The fourth-order valence-corrected chi connectivity index (χ4v) is 3.41. The zero-order valence-electron chi connectivity index (χ0n) is 15.2. The Morgan fingerprint density at radius 1 is 1.10 bits per heavy atom. The number of hydrogen-bond donors (Lipinski definition) is 0. The second kappa shape index (κ2) is 7.20. The fourth-order valence-electron chi connectivity index (χ4n) is 3.41.